The fourth-order valence-corrected chi connectivity index (χ4v) is 3.04. The summed E-state index contributed by atoms with van der Waals surface area (Å²) in [5.41, 5.74) is 0.590. The molecule has 0 saturated heterocycles. The molecule has 0 aliphatic rings. The number of aromatic nitrogens is 2. The van der Waals surface area contributed by atoms with Crippen molar-refractivity contribution < 1.29 is 14.1 Å². The Morgan fingerprint density at radius 2 is 1.96 bits per heavy atom. The first-order valence-corrected chi connectivity index (χ1v) is 10.4. The van der Waals surface area contributed by atoms with Gasteiger partial charge in [-0.1, -0.05) is 38.1 Å². The van der Waals surface area contributed by atoms with E-state index in [4.69, 9.17) is 4.52 Å². The number of amides is 2. The van der Waals surface area contributed by atoms with Gasteiger partial charge >= 0.3 is 0 Å². The van der Waals surface area contributed by atoms with Crippen LogP contribution in [0.5, 0.6) is 0 Å². The largest absolute Gasteiger partial charge is 0.339 e. The van der Waals surface area contributed by atoms with Gasteiger partial charge in [0.15, 0.2) is 5.82 Å². The number of benzene rings is 1. The highest BCUT2D eigenvalue weighted by atomic mass is 32.2. The van der Waals surface area contributed by atoms with Crippen molar-refractivity contribution >= 4 is 29.3 Å². The van der Waals surface area contributed by atoms with E-state index >= 15 is 0 Å². The Bertz CT molecular complexity index is 814. The van der Waals surface area contributed by atoms with E-state index in [-0.39, 0.29) is 23.8 Å². The predicted octanol–water partition coefficient (Wildman–Crippen LogP) is 3.51. The van der Waals surface area contributed by atoms with Crippen molar-refractivity contribution in [3.63, 3.8) is 0 Å². The minimum atomic E-state index is -0.218. The van der Waals surface area contributed by atoms with Crippen LogP contribution in [-0.2, 0) is 21.4 Å². The van der Waals surface area contributed by atoms with Crippen LogP contribution in [0.2, 0.25) is 0 Å². The normalized spacial score (nSPS) is 11.3. The van der Waals surface area contributed by atoms with Crippen molar-refractivity contribution in [2.75, 3.05) is 25.2 Å². The maximum atomic E-state index is 12.3. The van der Waals surface area contributed by atoms with Crippen LogP contribution in [0.1, 0.15) is 45.3 Å². The van der Waals surface area contributed by atoms with Crippen molar-refractivity contribution in [2.45, 2.75) is 50.3 Å². The molecule has 0 aliphatic heterocycles. The summed E-state index contributed by atoms with van der Waals surface area (Å²) < 4.78 is 5.23. The number of para-hydroxylation sites is 1. The molecule has 0 fully saturated rings. The van der Waals surface area contributed by atoms with E-state index in [1.54, 1.807) is 18.8 Å². The molecule has 1 heterocycles. The standard InChI is InChI=1S/C20H28N4O3S/c1-20(2,3)19-22-17(27-23-19)11-8-12-18(26)24(4)13-16(25)21-14-9-6-7-10-15(14)28-5/h6-7,9-10H,8,11-13H2,1-5H3,(H,21,25). The molecule has 0 aliphatic carbocycles. The Labute approximate surface area is 170 Å². The van der Waals surface area contributed by atoms with Crippen molar-refractivity contribution in [1.82, 2.24) is 15.0 Å². The lowest BCUT2D eigenvalue weighted by Gasteiger charge is -2.17. The molecule has 8 heteroatoms. The van der Waals surface area contributed by atoms with Crippen LogP contribution in [-0.4, -0.2) is 46.7 Å². The second kappa shape index (κ2) is 9.73. The average molecular weight is 405 g/mol. The van der Waals surface area contributed by atoms with Crippen LogP contribution in [0.25, 0.3) is 0 Å². The third kappa shape index (κ3) is 6.37. The number of rotatable bonds is 8. The zero-order valence-corrected chi connectivity index (χ0v) is 17.9. The van der Waals surface area contributed by atoms with E-state index in [2.05, 4.69) is 15.5 Å². The summed E-state index contributed by atoms with van der Waals surface area (Å²) in [5.74, 6) is 0.882. The molecule has 1 aromatic heterocycles. The van der Waals surface area contributed by atoms with E-state index in [1.165, 1.54) is 4.90 Å². The third-order valence-electron chi connectivity index (χ3n) is 4.11. The molecule has 2 amide bonds. The topological polar surface area (TPSA) is 88.3 Å². The molecule has 0 saturated carbocycles. The molecule has 152 valence electrons. The highest BCUT2D eigenvalue weighted by Gasteiger charge is 2.21. The lowest BCUT2D eigenvalue weighted by atomic mass is 9.96. The van der Waals surface area contributed by atoms with E-state index in [1.807, 2.05) is 51.3 Å². The molecule has 28 heavy (non-hydrogen) atoms. The van der Waals surface area contributed by atoms with Gasteiger partial charge in [-0.2, -0.15) is 4.98 Å². The van der Waals surface area contributed by atoms with Crippen molar-refractivity contribution in [2.24, 2.45) is 0 Å². The Kier molecular flexibility index (Phi) is 7.62. The quantitative estimate of drug-likeness (QED) is 0.678. The maximum Gasteiger partial charge on any atom is 0.244 e. The molecular weight excluding hydrogens is 376 g/mol. The van der Waals surface area contributed by atoms with Gasteiger partial charge < -0.3 is 14.7 Å². The van der Waals surface area contributed by atoms with E-state index in [0.29, 0.717) is 31.0 Å². The highest BCUT2D eigenvalue weighted by molar-refractivity contribution is 7.98. The fourth-order valence-electron chi connectivity index (χ4n) is 2.48. The summed E-state index contributed by atoms with van der Waals surface area (Å²) in [4.78, 5) is 31.3. The third-order valence-corrected chi connectivity index (χ3v) is 4.90. The minimum absolute atomic E-state index is 0.0102. The summed E-state index contributed by atoms with van der Waals surface area (Å²) >= 11 is 1.56. The van der Waals surface area contributed by atoms with Gasteiger partial charge in [0, 0.05) is 30.2 Å². The summed E-state index contributed by atoms with van der Waals surface area (Å²) in [6.07, 6.45) is 3.40. The number of carbonyl (C=O) groups is 2. The predicted molar refractivity (Wildman–Crippen MR) is 110 cm³/mol. The smallest absolute Gasteiger partial charge is 0.244 e. The first kappa shape index (κ1) is 21.9. The average Bonchev–Trinajstić information content (AvgIpc) is 3.11. The lowest BCUT2D eigenvalue weighted by molar-refractivity contribution is -0.133. The summed E-state index contributed by atoms with van der Waals surface area (Å²) in [6, 6.07) is 7.58. The van der Waals surface area contributed by atoms with Crippen LogP contribution >= 0.6 is 11.8 Å². The zero-order valence-electron chi connectivity index (χ0n) is 17.1. The van der Waals surface area contributed by atoms with E-state index < -0.39 is 0 Å². The first-order chi connectivity index (χ1) is 13.2. The van der Waals surface area contributed by atoms with Crippen molar-refractivity contribution in [1.29, 1.82) is 0 Å². The Morgan fingerprint density at radius 1 is 1.25 bits per heavy atom. The van der Waals surface area contributed by atoms with Gasteiger partial charge in [-0.05, 0) is 24.8 Å². The molecule has 0 bridgehead atoms. The van der Waals surface area contributed by atoms with Gasteiger partial charge in [-0.25, -0.2) is 0 Å². The van der Waals surface area contributed by atoms with Crippen LogP contribution in [0.15, 0.2) is 33.7 Å². The Hall–Kier alpha value is -2.35. The van der Waals surface area contributed by atoms with Crippen LogP contribution in [0.3, 0.4) is 0 Å². The summed E-state index contributed by atoms with van der Waals surface area (Å²) in [7, 11) is 1.63. The number of nitrogens with zero attached hydrogens (tertiary/aromatic N) is 3. The number of hydrogen-bond acceptors (Lipinski definition) is 6. The number of aryl methyl sites for hydroxylation is 1. The molecule has 0 radical (unpaired) electrons. The number of hydrogen-bond donors (Lipinski definition) is 1. The summed E-state index contributed by atoms with van der Waals surface area (Å²) in [5, 5.41) is 6.84. The van der Waals surface area contributed by atoms with Gasteiger partial charge in [0.1, 0.15) is 0 Å². The van der Waals surface area contributed by atoms with Crippen LogP contribution in [0, 0.1) is 0 Å². The van der Waals surface area contributed by atoms with Crippen molar-refractivity contribution in [3.05, 3.63) is 36.0 Å². The van der Waals surface area contributed by atoms with Gasteiger partial charge in [-0.3, -0.25) is 9.59 Å². The summed E-state index contributed by atoms with van der Waals surface area (Å²) in [6.45, 7) is 6.06. The van der Waals surface area contributed by atoms with E-state index in [0.717, 1.165) is 10.6 Å². The molecule has 0 unspecified atom stereocenters. The SMILES string of the molecule is CSc1ccccc1NC(=O)CN(C)C(=O)CCCc1nc(C(C)(C)C)no1. The van der Waals surface area contributed by atoms with E-state index in [9.17, 15) is 9.59 Å². The monoisotopic (exact) mass is 404 g/mol. The molecule has 1 aromatic carbocycles. The molecule has 0 atom stereocenters. The first-order valence-electron chi connectivity index (χ1n) is 9.20. The molecule has 2 aromatic rings. The second-order valence-corrected chi connectivity index (χ2v) is 8.46. The molecule has 0 spiro atoms. The number of anilines is 1. The maximum absolute atomic E-state index is 12.3. The second-order valence-electron chi connectivity index (χ2n) is 7.61. The molecular formula is C20H28N4O3S. The lowest BCUT2D eigenvalue weighted by Crippen LogP contribution is -2.34. The number of carbonyl (C=O) groups excluding carboxylic acids is 2. The van der Waals surface area contributed by atoms with Gasteiger partial charge in [0.25, 0.3) is 0 Å². The number of nitrogens with one attached hydrogen (secondary N) is 1. The van der Waals surface area contributed by atoms with Gasteiger partial charge in [0.05, 0.1) is 12.2 Å². The minimum Gasteiger partial charge on any atom is -0.339 e. The highest BCUT2D eigenvalue weighted by Crippen LogP contribution is 2.24. The molecule has 1 N–H and O–H groups in total. The van der Waals surface area contributed by atoms with Gasteiger partial charge in [-0.15, -0.1) is 11.8 Å². The van der Waals surface area contributed by atoms with Crippen molar-refractivity contribution in [3.8, 4) is 0 Å². The molecule has 2 rings (SSSR count). The van der Waals surface area contributed by atoms with Gasteiger partial charge in [0.2, 0.25) is 17.7 Å². The fraction of sp³-hybridized carbons (Fsp3) is 0.500. The van der Waals surface area contributed by atoms with Crippen LogP contribution in [0.4, 0.5) is 5.69 Å². The van der Waals surface area contributed by atoms with Crippen LogP contribution < -0.4 is 5.32 Å². The number of likely N-dealkylation sites (N-methyl/N-ethyl adjacent to an activating group) is 1. The Morgan fingerprint density at radius 3 is 2.61 bits per heavy atom. The Balaban J connectivity index is 1.77. The zero-order chi connectivity index (χ0) is 20.7. The molecule has 7 nitrogen and oxygen atoms in total. The number of thioether (sulfide) groups is 1.